The lowest BCUT2D eigenvalue weighted by Gasteiger charge is -2.16. The molecule has 0 saturated carbocycles. The van der Waals surface area contributed by atoms with Crippen molar-refractivity contribution in [1.29, 1.82) is 0 Å². The zero-order valence-corrected chi connectivity index (χ0v) is 11.4. The highest BCUT2D eigenvalue weighted by Crippen LogP contribution is 2.45. The van der Waals surface area contributed by atoms with Crippen molar-refractivity contribution < 1.29 is 19.5 Å². The van der Waals surface area contributed by atoms with E-state index >= 15 is 0 Å². The Kier molecular flexibility index (Phi) is 4.88. The molecule has 1 aromatic carbocycles. The van der Waals surface area contributed by atoms with Gasteiger partial charge in [0.25, 0.3) is 0 Å². The number of hydrogen-bond acceptors (Lipinski definition) is 6. The maximum atomic E-state index is 11.2. The third-order valence-electron chi connectivity index (χ3n) is 2.38. The molecule has 0 fully saturated rings. The Morgan fingerprint density at radius 1 is 1.56 bits per heavy atom. The molecule has 0 bridgehead atoms. The van der Waals surface area contributed by atoms with E-state index in [0.717, 1.165) is 0 Å². The highest BCUT2D eigenvalue weighted by molar-refractivity contribution is 9.10. The van der Waals surface area contributed by atoms with Crippen molar-refractivity contribution in [1.82, 2.24) is 0 Å². The van der Waals surface area contributed by atoms with Gasteiger partial charge in [-0.2, -0.15) is 0 Å². The number of nitro benzene ring substituents is 1. The van der Waals surface area contributed by atoms with Gasteiger partial charge in [-0.3, -0.25) is 10.1 Å². The van der Waals surface area contributed by atoms with Crippen LogP contribution in [0, 0.1) is 10.1 Å². The molecule has 0 aliphatic rings. The van der Waals surface area contributed by atoms with Gasteiger partial charge in [0.2, 0.25) is 5.75 Å². The topological polar surface area (TPSA) is 108 Å². The molecule has 18 heavy (non-hydrogen) atoms. The molecule has 0 spiro atoms. The summed E-state index contributed by atoms with van der Waals surface area (Å²) in [5.74, 6) is 0.189. The fraction of sp³-hybridized carbons (Fsp3) is 0.400. The van der Waals surface area contributed by atoms with Crippen LogP contribution in [0.4, 0.5) is 5.69 Å². The molecule has 7 nitrogen and oxygen atoms in total. The van der Waals surface area contributed by atoms with Gasteiger partial charge in [0.1, 0.15) is 0 Å². The highest BCUT2D eigenvalue weighted by atomic mass is 79.9. The summed E-state index contributed by atoms with van der Waals surface area (Å²) < 4.78 is 10.4. The first kappa shape index (κ1) is 14.7. The number of rotatable bonds is 5. The zero-order chi connectivity index (χ0) is 13.9. The van der Waals surface area contributed by atoms with Gasteiger partial charge in [-0.1, -0.05) is 15.9 Å². The Morgan fingerprint density at radius 3 is 2.56 bits per heavy atom. The molecule has 0 saturated heterocycles. The molecule has 0 aliphatic carbocycles. The summed E-state index contributed by atoms with van der Waals surface area (Å²) in [6.45, 7) is -0.422. The van der Waals surface area contributed by atoms with Gasteiger partial charge in [0.05, 0.1) is 37.4 Å². The third-order valence-corrected chi connectivity index (χ3v) is 3.04. The largest absolute Gasteiger partial charge is 0.493 e. The number of nitrogens with two attached hydrogens (primary N) is 1. The van der Waals surface area contributed by atoms with Crippen molar-refractivity contribution in [2.24, 2.45) is 5.73 Å². The first-order valence-corrected chi connectivity index (χ1v) is 5.72. The molecular formula is C10H13BrN2O5. The van der Waals surface area contributed by atoms with Crippen LogP contribution in [0.25, 0.3) is 0 Å². The number of ether oxygens (including phenoxy) is 2. The van der Waals surface area contributed by atoms with Crippen molar-refractivity contribution in [3.8, 4) is 11.5 Å². The molecule has 0 aromatic heterocycles. The smallest absolute Gasteiger partial charge is 0.320 e. The number of benzene rings is 1. The first-order chi connectivity index (χ1) is 8.47. The SMILES string of the molecule is COc1cc(Br)c([C@@H](N)CO)c([N+](=O)[O-])c1OC. The molecule has 1 rings (SSSR count). The number of aliphatic hydroxyl groups excluding tert-OH is 1. The molecule has 1 aromatic rings. The van der Waals surface area contributed by atoms with Gasteiger partial charge >= 0.3 is 5.69 Å². The fourth-order valence-electron chi connectivity index (χ4n) is 1.58. The first-order valence-electron chi connectivity index (χ1n) is 4.93. The van der Waals surface area contributed by atoms with E-state index in [4.69, 9.17) is 20.3 Å². The monoisotopic (exact) mass is 320 g/mol. The summed E-state index contributed by atoms with van der Waals surface area (Å²) in [5.41, 5.74) is 5.52. The van der Waals surface area contributed by atoms with E-state index in [1.807, 2.05) is 0 Å². The second-order valence-electron chi connectivity index (χ2n) is 3.40. The molecule has 1 atom stereocenters. The van der Waals surface area contributed by atoms with Crippen molar-refractivity contribution in [2.45, 2.75) is 6.04 Å². The van der Waals surface area contributed by atoms with Gasteiger partial charge in [-0.15, -0.1) is 0 Å². The molecule has 0 amide bonds. The van der Waals surface area contributed by atoms with Crippen LogP contribution in [0.2, 0.25) is 0 Å². The van der Waals surface area contributed by atoms with Gasteiger partial charge in [0, 0.05) is 4.47 Å². The summed E-state index contributed by atoms with van der Waals surface area (Å²) in [4.78, 5) is 10.5. The molecule has 3 N–H and O–H groups in total. The van der Waals surface area contributed by atoms with E-state index in [9.17, 15) is 10.1 Å². The second-order valence-corrected chi connectivity index (χ2v) is 4.26. The van der Waals surface area contributed by atoms with Crippen LogP contribution in [0.15, 0.2) is 10.5 Å². The molecule has 0 aliphatic heterocycles. The minimum absolute atomic E-state index is 0.0235. The predicted molar refractivity (Wildman–Crippen MR) is 67.9 cm³/mol. The van der Waals surface area contributed by atoms with Crippen molar-refractivity contribution in [3.05, 3.63) is 26.2 Å². The van der Waals surface area contributed by atoms with Crippen LogP contribution in [-0.2, 0) is 0 Å². The average Bonchev–Trinajstić information content (AvgIpc) is 2.36. The highest BCUT2D eigenvalue weighted by Gasteiger charge is 2.30. The van der Waals surface area contributed by atoms with Crippen LogP contribution in [0.3, 0.4) is 0 Å². The normalized spacial score (nSPS) is 12.1. The van der Waals surface area contributed by atoms with Crippen LogP contribution >= 0.6 is 15.9 Å². The number of hydrogen-bond donors (Lipinski definition) is 2. The van der Waals surface area contributed by atoms with Gasteiger partial charge in [0.15, 0.2) is 5.75 Å². The summed E-state index contributed by atoms with van der Waals surface area (Å²) in [6, 6.07) is 0.621. The van der Waals surface area contributed by atoms with Crippen LogP contribution < -0.4 is 15.2 Å². The molecule has 0 unspecified atom stereocenters. The van der Waals surface area contributed by atoms with Gasteiger partial charge < -0.3 is 20.3 Å². The number of halogens is 1. The average molecular weight is 321 g/mol. The van der Waals surface area contributed by atoms with Gasteiger partial charge in [-0.25, -0.2) is 0 Å². The Hall–Kier alpha value is -1.38. The van der Waals surface area contributed by atoms with E-state index < -0.39 is 17.6 Å². The van der Waals surface area contributed by atoms with Crippen LogP contribution in [0.1, 0.15) is 11.6 Å². The lowest BCUT2D eigenvalue weighted by molar-refractivity contribution is -0.386. The molecule has 8 heteroatoms. The summed E-state index contributed by atoms with van der Waals surface area (Å²) in [7, 11) is 2.67. The molecule has 0 radical (unpaired) electrons. The standard InChI is InChI=1S/C10H13BrN2O5/c1-17-7-3-5(11)8(6(12)4-14)9(13(15)16)10(7)18-2/h3,6,14H,4,12H2,1-2H3/t6-/m0/s1. The minimum atomic E-state index is -0.889. The van der Waals surface area contributed by atoms with Crippen LogP contribution in [0.5, 0.6) is 11.5 Å². The fourth-order valence-corrected chi connectivity index (χ4v) is 2.27. The number of nitro groups is 1. The van der Waals surface area contributed by atoms with E-state index in [0.29, 0.717) is 4.47 Å². The van der Waals surface area contributed by atoms with E-state index in [2.05, 4.69) is 15.9 Å². The van der Waals surface area contributed by atoms with E-state index in [1.165, 1.54) is 20.3 Å². The molecule has 0 heterocycles. The maximum Gasteiger partial charge on any atom is 0.320 e. The second kappa shape index (κ2) is 5.98. The Morgan fingerprint density at radius 2 is 2.17 bits per heavy atom. The summed E-state index contributed by atoms with van der Waals surface area (Å²) >= 11 is 3.18. The number of nitrogens with zero attached hydrogens (tertiary/aromatic N) is 1. The zero-order valence-electron chi connectivity index (χ0n) is 9.84. The third kappa shape index (κ3) is 2.55. The minimum Gasteiger partial charge on any atom is -0.493 e. The van der Waals surface area contributed by atoms with Crippen LogP contribution in [-0.4, -0.2) is 30.9 Å². The lowest BCUT2D eigenvalue weighted by atomic mass is 10.0. The Bertz CT molecular complexity index is 466. The molecule has 100 valence electrons. The number of methoxy groups -OCH3 is 2. The summed E-state index contributed by atoms with van der Waals surface area (Å²) in [5, 5.41) is 20.2. The van der Waals surface area contributed by atoms with Crippen molar-refractivity contribution in [2.75, 3.05) is 20.8 Å². The molecular weight excluding hydrogens is 308 g/mol. The Balaban J connectivity index is 3.64. The quantitative estimate of drug-likeness (QED) is 0.626. The van der Waals surface area contributed by atoms with Crippen molar-refractivity contribution in [3.63, 3.8) is 0 Å². The van der Waals surface area contributed by atoms with Gasteiger partial charge in [-0.05, 0) is 6.07 Å². The van der Waals surface area contributed by atoms with E-state index in [-0.39, 0.29) is 22.7 Å². The van der Waals surface area contributed by atoms with Crippen molar-refractivity contribution >= 4 is 21.6 Å². The lowest BCUT2D eigenvalue weighted by Crippen LogP contribution is -2.17. The Labute approximate surface area is 112 Å². The maximum absolute atomic E-state index is 11.2. The van der Waals surface area contributed by atoms with E-state index in [1.54, 1.807) is 0 Å². The number of aliphatic hydroxyl groups is 1. The summed E-state index contributed by atoms with van der Waals surface area (Å²) in [6.07, 6.45) is 0. The predicted octanol–water partition coefficient (Wildman–Crippen LogP) is 1.37.